The molecule has 0 heterocycles. The van der Waals surface area contributed by atoms with Gasteiger partial charge < -0.3 is 0 Å². The van der Waals surface area contributed by atoms with Crippen LogP contribution in [-0.4, -0.2) is 0 Å². The highest BCUT2D eigenvalue weighted by atomic mass is 14.3. The standard InChI is InChI=1S/C35H42/c1-7-14-28(15-8-2)25-32(24-27(4)9-3)35(5,6)26-29-20-22-31(23-21-29)34-19-13-18-33(34)30-16-11-10-12-17-30/h3,7,10-12,14-17,20-23,33-34H,8,13,18-19,25-26H2,1-2,4-6H3. The minimum absolute atomic E-state index is 0.0476. The van der Waals surface area contributed by atoms with E-state index in [1.165, 1.54) is 47.1 Å². The molecule has 1 fully saturated rings. The maximum Gasteiger partial charge on any atom is 0.0404 e. The van der Waals surface area contributed by atoms with E-state index >= 15 is 0 Å². The lowest BCUT2D eigenvalue weighted by Crippen LogP contribution is -2.18. The van der Waals surface area contributed by atoms with E-state index in [0.717, 1.165) is 24.8 Å². The summed E-state index contributed by atoms with van der Waals surface area (Å²) in [4.78, 5) is 0. The van der Waals surface area contributed by atoms with Crippen LogP contribution >= 0.6 is 0 Å². The van der Waals surface area contributed by atoms with E-state index in [4.69, 9.17) is 6.42 Å². The Bertz CT molecular complexity index is 1120. The fourth-order valence-electron chi connectivity index (χ4n) is 5.55. The van der Waals surface area contributed by atoms with Crippen LogP contribution in [0.1, 0.15) is 95.2 Å². The second kappa shape index (κ2) is 12.6. The average molecular weight is 463 g/mol. The van der Waals surface area contributed by atoms with Gasteiger partial charge in [-0.3, -0.25) is 0 Å². The van der Waals surface area contributed by atoms with Crippen molar-refractivity contribution in [3.8, 4) is 12.3 Å². The van der Waals surface area contributed by atoms with Crippen molar-refractivity contribution in [3.05, 3.63) is 112 Å². The van der Waals surface area contributed by atoms with Crippen molar-refractivity contribution in [2.24, 2.45) is 5.41 Å². The van der Waals surface area contributed by atoms with Gasteiger partial charge in [-0.2, -0.15) is 0 Å². The number of terminal acetylenes is 1. The molecule has 2 aromatic rings. The first-order valence-corrected chi connectivity index (χ1v) is 13.3. The van der Waals surface area contributed by atoms with E-state index in [-0.39, 0.29) is 5.41 Å². The van der Waals surface area contributed by atoms with Crippen LogP contribution in [0.25, 0.3) is 0 Å². The highest BCUT2D eigenvalue weighted by molar-refractivity contribution is 5.36. The summed E-state index contributed by atoms with van der Waals surface area (Å²) in [5.41, 5.74) is 11.3. The Morgan fingerprint density at radius 1 is 1.00 bits per heavy atom. The summed E-state index contributed by atoms with van der Waals surface area (Å²) in [6, 6.07) is 20.5. The Kier molecular flexibility index (Phi) is 9.60. The molecule has 2 atom stereocenters. The third kappa shape index (κ3) is 7.24. The van der Waals surface area contributed by atoms with Crippen molar-refractivity contribution >= 4 is 0 Å². The number of rotatable bonds is 9. The van der Waals surface area contributed by atoms with Gasteiger partial charge in [0.1, 0.15) is 0 Å². The highest BCUT2D eigenvalue weighted by Crippen LogP contribution is 2.46. The lowest BCUT2D eigenvalue weighted by Gasteiger charge is -2.28. The second-order valence-electron chi connectivity index (χ2n) is 10.6. The van der Waals surface area contributed by atoms with Gasteiger partial charge in [-0.1, -0.05) is 106 Å². The third-order valence-corrected chi connectivity index (χ3v) is 7.40. The molecule has 3 rings (SSSR count). The molecule has 2 unspecified atom stereocenters. The van der Waals surface area contributed by atoms with E-state index in [1.807, 2.05) is 6.92 Å². The fourth-order valence-corrected chi connectivity index (χ4v) is 5.55. The normalized spacial score (nSPS) is 18.3. The third-order valence-electron chi connectivity index (χ3n) is 7.40. The first-order chi connectivity index (χ1) is 16.9. The molecule has 0 heteroatoms. The highest BCUT2D eigenvalue weighted by Gasteiger charge is 2.30. The molecular weight excluding hydrogens is 420 g/mol. The minimum Gasteiger partial charge on any atom is -0.114 e. The Morgan fingerprint density at radius 2 is 1.63 bits per heavy atom. The van der Waals surface area contributed by atoms with E-state index in [1.54, 1.807) is 0 Å². The summed E-state index contributed by atoms with van der Waals surface area (Å²) in [5, 5.41) is 0. The van der Waals surface area contributed by atoms with Gasteiger partial charge in [0.2, 0.25) is 0 Å². The van der Waals surface area contributed by atoms with Gasteiger partial charge in [0.05, 0.1) is 0 Å². The van der Waals surface area contributed by atoms with Gasteiger partial charge in [0, 0.05) is 12.0 Å². The van der Waals surface area contributed by atoms with Crippen LogP contribution in [0.15, 0.2) is 95.3 Å². The van der Waals surface area contributed by atoms with Crippen LogP contribution in [-0.2, 0) is 6.42 Å². The van der Waals surface area contributed by atoms with E-state index in [9.17, 15) is 0 Å². The molecule has 0 amide bonds. The Labute approximate surface area is 214 Å². The zero-order valence-electron chi connectivity index (χ0n) is 22.4. The Balaban J connectivity index is 1.83. The van der Waals surface area contributed by atoms with Crippen LogP contribution < -0.4 is 0 Å². The molecule has 0 saturated heterocycles. The Hall–Kier alpha value is -3.00. The number of benzene rings is 2. The fraction of sp³-hybridized carbons (Fsp3) is 0.400. The minimum atomic E-state index is -0.0476. The number of allylic oxidation sites excluding steroid dienone is 5. The van der Waals surface area contributed by atoms with Gasteiger partial charge in [-0.05, 0) is 84.6 Å². The molecule has 0 nitrogen and oxygen atoms in total. The maximum atomic E-state index is 5.70. The van der Waals surface area contributed by atoms with Crippen LogP contribution in [0.2, 0.25) is 0 Å². The summed E-state index contributed by atoms with van der Waals surface area (Å²) in [6.07, 6.45) is 19.1. The van der Waals surface area contributed by atoms with Gasteiger partial charge in [0.15, 0.2) is 0 Å². The zero-order valence-corrected chi connectivity index (χ0v) is 22.4. The quantitative estimate of drug-likeness (QED) is 0.198. The average Bonchev–Trinajstić information content (AvgIpc) is 3.34. The van der Waals surface area contributed by atoms with E-state index < -0.39 is 0 Å². The van der Waals surface area contributed by atoms with Crippen molar-refractivity contribution in [3.63, 3.8) is 0 Å². The molecule has 1 aliphatic carbocycles. The monoisotopic (exact) mass is 462 g/mol. The van der Waals surface area contributed by atoms with Gasteiger partial charge in [-0.25, -0.2) is 0 Å². The van der Waals surface area contributed by atoms with Crippen molar-refractivity contribution in [1.29, 1.82) is 0 Å². The van der Waals surface area contributed by atoms with Crippen molar-refractivity contribution < 1.29 is 0 Å². The predicted molar refractivity (Wildman–Crippen MR) is 153 cm³/mol. The zero-order chi connectivity index (χ0) is 25.3. The SMILES string of the molecule is C#CC(C)=C=C(CC(C=CC)=CCC)C(C)(C)Cc1ccc(C2CCCC2c2ccccc2)cc1. The van der Waals surface area contributed by atoms with Crippen molar-refractivity contribution in [2.45, 2.75) is 85.0 Å². The molecule has 35 heavy (non-hydrogen) atoms. The first kappa shape index (κ1) is 26.6. The summed E-state index contributed by atoms with van der Waals surface area (Å²) in [6.45, 7) is 10.9. The lowest BCUT2D eigenvalue weighted by atomic mass is 9.75. The molecule has 0 aromatic heterocycles. The molecule has 1 saturated carbocycles. The molecule has 1 aliphatic rings. The summed E-state index contributed by atoms with van der Waals surface area (Å²) in [7, 11) is 0. The van der Waals surface area contributed by atoms with Gasteiger partial charge in [-0.15, -0.1) is 12.2 Å². The lowest BCUT2D eigenvalue weighted by molar-refractivity contribution is 0.434. The van der Waals surface area contributed by atoms with Gasteiger partial charge in [0.25, 0.3) is 0 Å². The second-order valence-corrected chi connectivity index (χ2v) is 10.6. The summed E-state index contributed by atoms with van der Waals surface area (Å²) < 4.78 is 0. The molecule has 0 spiro atoms. The molecule has 2 aromatic carbocycles. The van der Waals surface area contributed by atoms with Gasteiger partial charge >= 0.3 is 0 Å². The smallest absolute Gasteiger partial charge is 0.0404 e. The molecule has 0 bridgehead atoms. The van der Waals surface area contributed by atoms with Crippen LogP contribution in [0.4, 0.5) is 0 Å². The Morgan fingerprint density at radius 3 is 2.20 bits per heavy atom. The topological polar surface area (TPSA) is 0 Å². The van der Waals surface area contributed by atoms with Crippen molar-refractivity contribution in [1.82, 2.24) is 0 Å². The predicted octanol–water partition coefficient (Wildman–Crippen LogP) is 9.71. The number of hydrogen-bond donors (Lipinski definition) is 0. The molecular formula is C35H42. The summed E-state index contributed by atoms with van der Waals surface area (Å²) in [5.74, 6) is 4.04. The largest absolute Gasteiger partial charge is 0.114 e. The van der Waals surface area contributed by atoms with Crippen LogP contribution in [0.5, 0.6) is 0 Å². The first-order valence-electron chi connectivity index (χ1n) is 13.3. The molecule has 0 aliphatic heterocycles. The maximum absolute atomic E-state index is 5.70. The molecule has 182 valence electrons. The number of hydrogen-bond acceptors (Lipinski definition) is 0. The van der Waals surface area contributed by atoms with E-state index in [2.05, 4.69) is 112 Å². The molecule has 0 N–H and O–H groups in total. The molecule has 0 radical (unpaired) electrons. The van der Waals surface area contributed by atoms with E-state index in [0.29, 0.717) is 11.8 Å². The summed E-state index contributed by atoms with van der Waals surface area (Å²) >= 11 is 0. The van der Waals surface area contributed by atoms with Crippen molar-refractivity contribution in [2.75, 3.05) is 0 Å². The van der Waals surface area contributed by atoms with Crippen LogP contribution in [0.3, 0.4) is 0 Å². The van der Waals surface area contributed by atoms with Crippen LogP contribution in [0, 0.1) is 17.8 Å².